The van der Waals surface area contributed by atoms with E-state index in [0.29, 0.717) is 12.8 Å². The van der Waals surface area contributed by atoms with Gasteiger partial charge in [0.2, 0.25) is 0 Å². The first-order valence-electron chi connectivity index (χ1n) is 6.09. The Morgan fingerprint density at radius 1 is 1.29 bits per heavy atom. The summed E-state index contributed by atoms with van der Waals surface area (Å²) in [6.07, 6.45) is 1.18. The largest absolute Gasteiger partial charge is 0.465 e. The van der Waals surface area contributed by atoms with Crippen LogP contribution in [0.4, 0.5) is 0 Å². The molecule has 0 heterocycles. The molecule has 0 aromatic carbocycles. The van der Waals surface area contributed by atoms with E-state index < -0.39 is 17.5 Å². The highest BCUT2D eigenvalue weighted by molar-refractivity contribution is 5.69. The highest BCUT2D eigenvalue weighted by Crippen LogP contribution is 2.21. The first kappa shape index (κ1) is 16.4. The lowest BCUT2D eigenvalue weighted by molar-refractivity contribution is -0.152. The zero-order valence-corrected chi connectivity index (χ0v) is 10.7. The van der Waals surface area contributed by atoms with E-state index in [1.165, 1.54) is 0 Å². The quantitative estimate of drug-likeness (QED) is 0.516. The number of rotatable bonds is 9. The third-order valence-electron chi connectivity index (χ3n) is 2.98. The van der Waals surface area contributed by atoms with Crippen LogP contribution in [0.2, 0.25) is 0 Å². The van der Waals surface area contributed by atoms with Crippen molar-refractivity contribution < 1.29 is 24.9 Å². The number of esters is 1. The molecular formula is C12H24O5. The van der Waals surface area contributed by atoms with Crippen LogP contribution in [-0.4, -0.2) is 47.2 Å². The molecule has 5 heteroatoms. The fourth-order valence-electron chi connectivity index (χ4n) is 1.39. The number of carbonyl (C=O) groups excluding carboxylic acids is 1. The lowest BCUT2D eigenvalue weighted by Crippen LogP contribution is -2.35. The molecule has 0 aliphatic carbocycles. The van der Waals surface area contributed by atoms with Crippen LogP contribution in [0.1, 0.15) is 39.5 Å². The Balaban J connectivity index is 4.04. The van der Waals surface area contributed by atoms with E-state index in [2.05, 4.69) is 0 Å². The molecule has 0 radical (unpaired) electrons. The summed E-state index contributed by atoms with van der Waals surface area (Å²) in [4.78, 5) is 11.4. The smallest absolute Gasteiger partial charge is 0.308 e. The Hall–Kier alpha value is -0.650. The zero-order chi connectivity index (χ0) is 13.3. The van der Waals surface area contributed by atoms with E-state index in [1.807, 2.05) is 13.8 Å². The zero-order valence-electron chi connectivity index (χ0n) is 10.7. The molecule has 0 saturated heterocycles. The minimum atomic E-state index is -0.772. The first-order chi connectivity index (χ1) is 8.03. The molecule has 0 bridgehead atoms. The van der Waals surface area contributed by atoms with E-state index in [1.54, 1.807) is 0 Å². The van der Waals surface area contributed by atoms with Crippen molar-refractivity contribution in [3.63, 3.8) is 0 Å². The molecule has 0 aromatic heterocycles. The monoisotopic (exact) mass is 248 g/mol. The van der Waals surface area contributed by atoms with Gasteiger partial charge in [-0.3, -0.25) is 4.79 Å². The van der Waals surface area contributed by atoms with Crippen molar-refractivity contribution in [2.24, 2.45) is 5.41 Å². The van der Waals surface area contributed by atoms with Crippen LogP contribution >= 0.6 is 0 Å². The molecule has 0 saturated carbocycles. The molecule has 17 heavy (non-hydrogen) atoms. The first-order valence-corrected chi connectivity index (χ1v) is 6.09. The van der Waals surface area contributed by atoms with Gasteiger partial charge in [0.25, 0.3) is 0 Å². The highest BCUT2D eigenvalue weighted by atomic mass is 16.5. The van der Waals surface area contributed by atoms with Gasteiger partial charge in [0, 0.05) is 0 Å². The van der Waals surface area contributed by atoms with Crippen molar-refractivity contribution in [1.82, 2.24) is 0 Å². The van der Waals surface area contributed by atoms with Gasteiger partial charge in [0.1, 0.15) is 6.61 Å². The van der Waals surface area contributed by atoms with Gasteiger partial charge < -0.3 is 20.1 Å². The summed E-state index contributed by atoms with van der Waals surface area (Å²) < 4.78 is 4.98. The second-order valence-electron chi connectivity index (χ2n) is 4.48. The van der Waals surface area contributed by atoms with Crippen LogP contribution in [0.15, 0.2) is 0 Å². The molecule has 5 nitrogen and oxygen atoms in total. The van der Waals surface area contributed by atoms with Crippen molar-refractivity contribution in [3.8, 4) is 0 Å². The molecule has 0 aromatic rings. The number of aliphatic hydroxyl groups excluding tert-OH is 3. The van der Waals surface area contributed by atoms with Crippen molar-refractivity contribution in [2.45, 2.75) is 45.6 Å². The van der Waals surface area contributed by atoms with Gasteiger partial charge in [-0.15, -0.1) is 0 Å². The van der Waals surface area contributed by atoms with Gasteiger partial charge in [0.15, 0.2) is 0 Å². The summed E-state index contributed by atoms with van der Waals surface area (Å²) in [5.41, 5.74) is -0.772. The molecular weight excluding hydrogens is 224 g/mol. The maximum Gasteiger partial charge on any atom is 0.308 e. The maximum atomic E-state index is 11.4. The number of aliphatic hydroxyl groups is 3. The van der Waals surface area contributed by atoms with Crippen molar-refractivity contribution in [1.29, 1.82) is 0 Å². The van der Waals surface area contributed by atoms with Crippen LogP contribution in [0.3, 0.4) is 0 Å². The van der Waals surface area contributed by atoms with E-state index in [4.69, 9.17) is 14.9 Å². The average molecular weight is 248 g/mol. The maximum absolute atomic E-state index is 11.4. The Morgan fingerprint density at radius 2 is 1.88 bits per heavy atom. The molecule has 0 spiro atoms. The van der Waals surface area contributed by atoms with Gasteiger partial charge in [0.05, 0.1) is 31.2 Å². The van der Waals surface area contributed by atoms with E-state index in [-0.39, 0.29) is 26.2 Å². The summed E-state index contributed by atoms with van der Waals surface area (Å²) in [5, 5.41) is 27.7. The molecule has 0 fully saturated rings. The third-order valence-corrected chi connectivity index (χ3v) is 2.98. The van der Waals surface area contributed by atoms with Gasteiger partial charge in [-0.25, -0.2) is 0 Å². The summed E-state index contributed by atoms with van der Waals surface area (Å²) in [7, 11) is 0. The molecule has 3 N–H and O–H groups in total. The Morgan fingerprint density at radius 3 is 2.29 bits per heavy atom. The predicted octanol–water partition coefficient (Wildman–Crippen LogP) is 0.462. The Labute approximate surface area is 102 Å². The summed E-state index contributed by atoms with van der Waals surface area (Å²) in [5.74, 6) is -0.495. The lowest BCUT2D eigenvalue weighted by Gasteiger charge is -2.27. The van der Waals surface area contributed by atoms with E-state index in [9.17, 15) is 9.90 Å². The van der Waals surface area contributed by atoms with Gasteiger partial charge in [-0.05, 0) is 12.8 Å². The van der Waals surface area contributed by atoms with E-state index >= 15 is 0 Å². The van der Waals surface area contributed by atoms with Crippen LogP contribution < -0.4 is 0 Å². The SMILES string of the molecule is CCCC(O)CC(=O)OCC(CC)(CO)CO. The standard InChI is InChI=1S/C12H24O5/c1-3-5-10(15)6-11(16)17-9-12(4-2,7-13)8-14/h10,13-15H,3-9H2,1-2H3. The molecule has 102 valence electrons. The number of ether oxygens (including phenoxy) is 1. The molecule has 0 rings (SSSR count). The van der Waals surface area contributed by atoms with Crippen LogP contribution in [0, 0.1) is 5.41 Å². The average Bonchev–Trinajstić information content (AvgIpc) is 2.32. The predicted molar refractivity (Wildman–Crippen MR) is 63.4 cm³/mol. The van der Waals surface area contributed by atoms with Crippen LogP contribution in [0.5, 0.6) is 0 Å². The summed E-state index contributed by atoms with van der Waals surface area (Å²) >= 11 is 0. The molecule has 0 aliphatic heterocycles. The minimum Gasteiger partial charge on any atom is -0.465 e. The van der Waals surface area contributed by atoms with E-state index in [0.717, 1.165) is 6.42 Å². The van der Waals surface area contributed by atoms with Gasteiger partial charge >= 0.3 is 5.97 Å². The molecule has 1 atom stereocenters. The highest BCUT2D eigenvalue weighted by Gasteiger charge is 2.28. The second-order valence-corrected chi connectivity index (χ2v) is 4.48. The number of hydrogen-bond donors (Lipinski definition) is 3. The third kappa shape index (κ3) is 6.00. The normalized spacial score (nSPS) is 13.5. The topological polar surface area (TPSA) is 87.0 Å². The summed E-state index contributed by atoms with van der Waals surface area (Å²) in [6, 6.07) is 0. The van der Waals surface area contributed by atoms with Crippen molar-refractivity contribution in [2.75, 3.05) is 19.8 Å². The fraction of sp³-hybridized carbons (Fsp3) is 0.917. The molecule has 1 unspecified atom stereocenters. The van der Waals surface area contributed by atoms with Crippen LogP contribution in [0.25, 0.3) is 0 Å². The van der Waals surface area contributed by atoms with Crippen molar-refractivity contribution in [3.05, 3.63) is 0 Å². The van der Waals surface area contributed by atoms with Crippen molar-refractivity contribution >= 4 is 5.97 Å². The van der Waals surface area contributed by atoms with Gasteiger partial charge in [-0.1, -0.05) is 20.3 Å². The fourth-order valence-corrected chi connectivity index (χ4v) is 1.39. The summed E-state index contributed by atoms with van der Waals surface area (Å²) in [6.45, 7) is 3.25. The second kappa shape index (κ2) is 8.44. The minimum absolute atomic E-state index is 0.0197. The molecule has 0 amide bonds. The van der Waals surface area contributed by atoms with Gasteiger partial charge in [-0.2, -0.15) is 0 Å². The molecule has 0 aliphatic rings. The Bertz CT molecular complexity index is 205. The van der Waals surface area contributed by atoms with Crippen LogP contribution in [-0.2, 0) is 9.53 Å². The lowest BCUT2D eigenvalue weighted by atomic mass is 9.88. The number of carbonyl (C=O) groups is 1. The Kier molecular flexibility index (Phi) is 8.12. The number of hydrogen-bond acceptors (Lipinski definition) is 5.